The molecule has 1 saturated heterocycles. The maximum atomic E-state index is 12.4. The third kappa shape index (κ3) is 2.62. The summed E-state index contributed by atoms with van der Waals surface area (Å²) in [6, 6.07) is -0.417. The van der Waals surface area contributed by atoms with Gasteiger partial charge in [-0.2, -0.15) is 0 Å². The SMILES string of the molecule is C=CC(=O)OCC(C)N1C(=O)C2CCC(C)CC2C1=O. The summed E-state index contributed by atoms with van der Waals surface area (Å²) >= 11 is 0. The maximum absolute atomic E-state index is 12.4. The smallest absolute Gasteiger partial charge is 0.330 e. The first-order chi connectivity index (χ1) is 9.45. The van der Waals surface area contributed by atoms with E-state index in [0.29, 0.717) is 5.92 Å². The highest BCUT2D eigenvalue weighted by atomic mass is 16.5. The van der Waals surface area contributed by atoms with Gasteiger partial charge in [-0.05, 0) is 32.1 Å². The van der Waals surface area contributed by atoms with Gasteiger partial charge in [0.2, 0.25) is 11.8 Å². The fraction of sp³-hybridized carbons (Fsp3) is 0.667. The van der Waals surface area contributed by atoms with Crippen molar-refractivity contribution in [2.24, 2.45) is 17.8 Å². The quantitative estimate of drug-likeness (QED) is 0.445. The molecule has 2 amide bonds. The number of hydrogen-bond donors (Lipinski definition) is 0. The van der Waals surface area contributed by atoms with E-state index in [2.05, 4.69) is 13.5 Å². The van der Waals surface area contributed by atoms with Crippen molar-refractivity contribution in [1.29, 1.82) is 0 Å². The second kappa shape index (κ2) is 5.77. The molecular weight excluding hydrogens is 258 g/mol. The van der Waals surface area contributed by atoms with Gasteiger partial charge in [-0.3, -0.25) is 14.5 Å². The molecular formula is C15H21NO4. The van der Waals surface area contributed by atoms with Crippen molar-refractivity contribution < 1.29 is 19.1 Å². The van der Waals surface area contributed by atoms with E-state index in [9.17, 15) is 14.4 Å². The molecule has 0 aromatic carbocycles. The van der Waals surface area contributed by atoms with E-state index in [1.54, 1.807) is 6.92 Å². The topological polar surface area (TPSA) is 63.7 Å². The van der Waals surface area contributed by atoms with Gasteiger partial charge in [0.25, 0.3) is 0 Å². The highest BCUT2D eigenvalue weighted by Gasteiger charge is 2.50. The summed E-state index contributed by atoms with van der Waals surface area (Å²) in [7, 11) is 0. The van der Waals surface area contributed by atoms with Gasteiger partial charge in [-0.15, -0.1) is 0 Å². The van der Waals surface area contributed by atoms with E-state index in [1.807, 2.05) is 0 Å². The van der Waals surface area contributed by atoms with Gasteiger partial charge >= 0.3 is 5.97 Å². The van der Waals surface area contributed by atoms with E-state index in [4.69, 9.17) is 4.74 Å². The van der Waals surface area contributed by atoms with Crippen LogP contribution in [0.2, 0.25) is 0 Å². The number of imide groups is 1. The van der Waals surface area contributed by atoms with Crippen LogP contribution in [0.4, 0.5) is 0 Å². The molecule has 1 saturated carbocycles. The minimum absolute atomic E-state index is 0.0251. The predicted octanol–water partition coefficient (Wildman–Crippen LogP) is 1.53. The molecule has 1 heterocycles. The van der Waals surface area contributed by atoms with Crippen LogP contribution in [0.1, 0.15) is 33.1 Å². The van der Waals surface area contributed by atoms with Gasteiger partial charge in [0.15, 0.2) is 0 Å². The number of ether oxygens (including phenoxy) is 1. The third-order valence-corrected chi connectivity index (χ3v) is 4.30. The van der Waals surface area contributed by atoms with Crippen molar-refractivity contribution in [2.75, 3.05) is 6.61 Å². The minimum Gasteiger partial charge on any atom is -0.460 e. The average Bonchev–Trinajstić information content (AvgIpc) is 2.67. The van der Waals surface area contributed by atoms with Crippen molar-refractivity contribution in [1.82, 2.24) is 4.90 Å². The van der Waals surface area contributed by atoms with Crippen molar-refractivity contribution in [3.8, 4) is 0 Å². The summed E-state index contributed by atoms with van der Waals surface area (Å²) in [6.45, 7) is 7.18. The van der Waals surface area contributed by atoms with Gasteiger partial charge < -0.3 is 4.74 Å². The molecule has 2 fully saturated rings. The Hall–Kier alpha value is -1.65. The molecule has 0 radical (unpaired) electrons. The number of likely N-dealkylation sites (tertiary alicyclic amines) is 1. The van der Waals surface area contributed by atoms with Gasteiger partial charge in [0, 0.05) is 6.08 Å². The standard InChI is InChI=1S/C15H21NO4/c1-4-13(17)20-8-10(3)16-14(18)11-6-5-9(2)7-12(11)15(16)19/h4,9-12H,1,5-8H2,2-3H3. The van der Waals surface area contributed by atoms with Crippen molar-refractivity contribution in [3.63, 3.8) is 0 Å². The van der Waals surface area contributed by atoms with Crippen molar-refractivity contribution >= 4 is 17.8 Å². The van der Waals surface area contributed by atoms with E-state index < -0.39 is 12.0 Å². The summed E-state index contributed by atoms with van der Waals surface area (Å²) < 4.78 is 4.93. The summed E-state index contributed by atoms with van der Waals surface area (Å²) in [5, 5.41) is 0. The fourth-order valence-electron chi connectivity index (χ4n) is 3.19. The lowest BCUT2D eigenvalue weighted by Gasteiger charge is -2.25. The molecule has 110 valence electrons. The number of carbonyl (C=O) groups excluding carboxylic acids is 3. The Morgan fingerprint density at radius 2 is 2.05 bits per heavy atom. The van der Waals surface area contributed by atoms with E-state index in [0.717, 1.165) is 25.3 Å². The van der Waals surface area contributed by atoms with Crippen LogP contribution in [0.5, 0.6) is 0 Å². The Labute approximate surface area is 119 Å². The van der Waals surface area contributed by atoms with Crippen molar-refractivity contribution in [2.45, 2.75) is 39.2 Å². The molecule has 0 aromatic rings. The molecule has 0 N–H and O–H groups in total. The number of hydrogen-bond acceptors (Lipinski definition) is 4. The van der Waals surface area contributed by atoms with Gasteiger partial charge in [-0.25, -0.2) is 4.79 Å². The van der Waals surface area contributed by atoms with Crippen LogP contribution in [0.25, 0.3) is 0 Å². The number of carbonyl (C=O) groups is 3. The predicted molar refractivity (Wildman–Crippen MR) is 72.5 cm³/mol. The molecule has 5 heteroatoms. The van der Waals surface area contributed by atoms with Crippen LogP contribution in [0.15, 0.2) is 12.7 Å². The number of fused-ring (bicyclic) bond motifs is 1. The van der Waals surface area contributed by atoms with E-state index >= 15 is 0 Å². The highest BCUT2D eigenvalue weighted by molar-refractivity contribution is 6.05. The molecule has 1 aliphatic heterocycles. The normalized spacial score (nSPS) is 30.9. The van der Waals surface area contributed by atoms with Gasteiger partial charge in [0.1, 0.15) is 6.61 Å². The first kappa shape index (κ1) is 14.8. The zero-order valence-electron chi connectivity index (χ0n) is 12.0. The monoisotopic (exact) mass is 279 g/mol. The van der Waals surface area contributed by atoms with E-state index in [1.165, 1.54) is 4.90 Å². The molecule has 2 aliphatic rings. The number of rotatable bonds is 4. The van der Waals surface area contributed by atoms with Crippen LogP contribution in [0, 0.1) is 17.8 Å². The highest BCUT2D eigenvalue weighted by Crippen LogP contribution is 2.41. The summed E-state index contributed by atoms with van der Waals surface area (Å²) in [4.78, 5) is 37.1. The fourth-order valence-corrected chi connectivity index (χ4v) is 3.19. The summed E-state index contributed by atoms with van der Waals surface area (Å²) in [6.07, 6.45) is 3.63. The molecule has 1 aliphatic carbocycles. The van der Waals surface area contributed by atoms with Gasteiger partial charge in [0.05, 0.1) is 17.9 Å². The Kier molecular flexibility index (Phi) is 4.26. The molecule has 4 unspecified atom stereocenters. The largest absolute Gasteiger partial charge is 0.460 e. The Balaban J connectivity index is 2.04. The van der Waals surface area contributed by atoms with Crippen molar-refractivity contribution in [3.05, 3.63) is 12.7 Å². The zero-order chi connectivity index (χ0) is 14.9. The Morgan fingerprint density at radius 3 is 2.70 bits per heavy atom. The third-order valence-electron chi connectivity index (χ3n) is 4.30. The average molecular weight is 279 g/mol. The molecule has 0 spiro atoms. The Morgan fingerprint density at radius 1 is 1.40 bits per heavy atom. The van der Waals surface area contributed by atoms with Gasteiger partial charge in [-0.1, -0.05) is 13.5 Å². The first-order valence-electron chi connectivity index (χ1n) is 7.11. The summed E-state index contributed by atoms with van der Waals surface area (Å²) in [5.41, 5.74) is 0. The second-order valence-corrected chi connectivity index (χ2v) is 5.86. The molecule has 2 rings (SSSR count). The lowest BCUT2D eigenvalue weighted by Crippen LogP contribution is -2.41. The van der Waals surface area contributed by atoms with E-state index in [-0.39, 0.29) is 30.3 Å². The maximum Gasteiger partial charge on any atom is 0.330 e. The number of nitrogens with zero attached hydrogens (tertiary/aromatic N) is 1. The van der Waals surface area contributed by atoms with Crippen LogP contribution in [-0.4, -0.2) is 35.3 Å². The second-order valence-electron chi connectivity index (χ2n) is 5.86. The summed E-state index contributed by atoms with van der Waals surface area (Å²) in [5.74, 6) is -0.605. The molecule has 4 atom stereocenters. The minimum atomic E-state index is -0.540. The lowest BCUT2D eigenvalue weighted by molar-refractivity contribution is -0.148. The Bertz CT molecular complexity index is 445. The zero-order valence-corrected chi connectivity index (χ0v) is 12.0. The van der Waals surface area contributed by atoms with Crippen LogP contribution < -0.4 is 0 Å². The first-order valence-corrected chi connectivity index (χ1v) is 7.11. The lowest BCUT2D eigenvalue weighted by atomic mass is 9.76. The molecule has 20 heavy (non-hydrogen) atoms. The molecule has 5 nitrogen and oxygen atoms in total. The van der Waals surface area contributed by atoms with Crippen LogP contribution >= 0.6 is 0 Å². The molecule has 0 aromatic heterocycles. The molecule has 0 bridgehead atoms. The van der Waals surface area contributed by atoms with Crippen LogP contribution in [-0.2, 0) is 19.1 Å². The number of amides is 2. The number of esters is 1. The van der Waals surface area contributed by atoms with Crippen LogP contribution in [0.3, 0.4) is 0 Å².